The molecule has 1 heterocycles. The number of anilines is 1. The van der Waals surface area contributed by atoms with Crippen LogP contribution in [0, 0.1) is 0 Å². The molecule has 1 aromatic heterocycles. The highest BCUT2D eigenvalue weighted by atomic mass is 32.2. The van der Waals surface area contributed by atoms with Crippen LogP contribution in [-0.4, -0.2) is 23.0 Å². The fourth-order valence-corrected chi connectivity index (χ4v) is 3.81. The number of ether oxygens (including phenoxy) is 1. The van der Waals surface area contributed by atoms with Gasteiger partial charge in [-0.15, -0.1) is 23.1 Å². The molecule has 0 atom stereocenters. The van der Waals surface area contributed by atoms with Crippen molar-refractivity contribution in [2.45, 2.75) is 30.6 Å². The van der Waals surface area contributed by atoms with Gasteiger partial charge in [-0.3, -0.25) is 4.79 Å². The molecule has 7 heteroatoms. The number of hydrogen-bond donors (Lipinski definition) is 1. The van der Waals surface area contributed by atoms with Crippen molar-refractivity contribution in [3.63, 3.8) is 0 Å². The number of benzene rings is 2. The van der Waals surface area contributed by atoms with Gasteiger partial charge in [0.25, 0.3) is 5.91 Å². The van der Waals surface area contributed by atoms with E-state index in [9.17, 15) is 9.59 Å². The van der Waals surface area contributed by atoms with Crippen LogP contribution in [0.2, 0.25) is 0 Å². The van der Waals surface area contributed by atoms with Gasteiger partial charge in [-0.2, -0.15) is 0 Å². The Kier molecular flexibility index (Phi) is 6.84. The Bertz CT molecular complexity index is 921. The van der Waals surface area contributed by atoms with Gasteiger partial charge in [0, 0.05) is 27.3 Å². The number of rotatable bonds is 7. The Labute approximate surface area is 172 Å². The van der Waals surface area contributed by atoms with Crippen LogP contribution in [0.15, 0.2) is 64.3 Å². The molecule has 5 nitrogen and oxygen atoms in total. The van der Waals surface area contributed by atoms with Gasteiger partial charge in [-0.05, 0) is 62.4 Å². The van der Waals surface area contributed by atoms with Crippen molar-refractivity contribution in [3.05, 3.63) is 76.2 Å². The van der Waals surface area contributed by atoms with E-state index in [0.29, 0.717) is 16.8 Å². The number of carbonyl (C=O) groups is 2. The van der Waals surface area contributed by atoms with E-state index < -0.39 is 0 Å². The molecule has 1 amide bonds. The molecule has 28 heavy (non-hydrogen) atoms. The molecule has 0 bridgehead atoms. The Morgan fingerprint density at radius 2 is 1.75 bits per heavy atom. The minimum atomic E-state index is -0.376. The number of carbonyl (C=O) groups excluding carboxylic acids is 2. The Morgan fingerprint density at radius 1 is 1.07 bits per heavy atom. The van der Waals surface area contributed by atoms with E-state index in [1.807, 2.05) is 23.0 Å². The van der Waals surface area contributed by atoms with Gasteiger partial charge < -0.3 is 10.1 Å². The summed E-state index contributed by atoms with van der Waals surface area (Å²) < 4.78 is 5.15. The standard InChI is InChI=1S/C21H20N2O3S2/c1-14(2)26-21(25)16-3-7-17(8-4-16)23-20(24)15-5-9-19(10-6-15)28-12-18-11-27-13-22-18/h3-11,13-14H,12H2,1-2H3,(H,23,24). The number of thiazole rings is 1. The second-order valence-corrected chi connectivity index (χ2v) is 8.05. The molecule has 0 aliphatic heterocycles. The zero-order chi connectivity index (χ0) is 19.9. The van der Waals surface area contributed by atoms with E-state index in [-0.39, 0.29) is 18.0 Å². The summed E-state index contributed by atoms with van der Waals surface area (Å²) in [5.74, 6) is 0.229. The van der Waals surface area contributed by atoms with Crippen LogP contribution in [0.3, 0.4) is 0 Å². The monoisotopic (exact) mass is 412 g/mol. The highest BCUT2D eigenvalue weighted by Crippen LogP contribution is 2.23. The number of amides is 1. The molecular weight excluding hydrogens is 392 g/mol. The smallest absolute Gasteiger partial charge is 0.338 e. The first-order valence-electron chi connectivity index (χ1n) is 8.73. The summed E-state index contributed by atoms with van der Waals surface area (Å²) in [6.07, 6.45) is -0.172. The zero-order valence-corrected chi connectivity index (χ0v) is 17.2. The van der Waals surface area contributed by atoms with Crippen molar-refractivity contribution in [1.29, 1.82) is 0 Å². The van der Waals surface area contributed by atoms with E-state index in [4.69, 9.17) is 4.74 Å². The molecule has 3 rings (SSSR count). The lowest BCUT2D eigenvalue weighted by Gasteiger charge is -2.09. The molecule has 0 radical (unpaired) electrons. The van der Waals surface area contributed by atoms with Gasteiger partial charge >= 0.3 is 5.97 Å². The lowest BCUT2D eigenvalue weighted by Crippen LogP contribution is -2.13. The molecule has 1 N–H and O–H groups in total. The lowest BCUT2D eigenvalue weighted by molar-refractivity contribution is 0.0378. The van der Waals surface area contributed by atoms with Crippen molar-refractivity contribution in [2.75, 3.05) is 5.32 Å². The minimum Gasteiger partial charge on any atom is -0.459 e. The number of aromatic nitrogens is 1. The summed E-state index contributed by atoms with van der Waals surface area (Å²) in [5, 5.41) is 4.86. The zero-order valence-electron chi connectivity index (χ0n) is 15.5. The number of nitrogens with one attached hydrogen (secondary N) is 1. The first-order chi connectivity index (χ1) is 13.5. The van der Waals surface area contributed by atoms with Crippen molar-refractivity contribution >= 4 is 40.7 Å². The second kappa shape index (κ2) is 9.52. The summed E-state index contributed by atoms with van der Waals surface area (Å²) in [7, 11) is 0. The number of nitrogens with zero attached hydrogens (tertiary/aromatic N) is 1. The van der Waals surface area contributed by atoms with Crippen molar-refractivity contribution in [2.24, 2.45) is 0 Å². The lowest BCUT2D eigenvalue weighted by atomic mass is 10.2. The Morgan fingerprint density at radius 3 is 2.36 bits per heavy atom. The molecule has 0 fully saturated rings. The first-order valence-corrected chi connectivity index (χ1v) is 10.7. The van der Waals surface area contributed by atoms with Gasteiger partial charge in [-0.25, -0.2) is 9.78 Å². The second-order valence-electron chi connectivity index (χ2n) is 6.28. The summed E-state index contributed by atoms with van der Waals surface area (Å²) in [4.78, 5) is 29.6. The molecule has 0 aliphatic carbocycles. The molecule has 0 saturated carbocycles. The molecule has 0 unspecified atom stereocenters. The van der Waals surface area contributed by atoms with Crippen LogP contribution >= 0.6 is 23.1 Å². The third-order valence-electron chi connectivity index (χ3n) is 3.71. The molecular formula is C21H20N2O3S2. The van der Waals surface area contributed by atoms with E-state index in [0.717, 1.165) is 16.3 Å². The van der Waals surface area contributed by atoms with Crippen molar-refractivity contribution in [1.82, 2.24) is 4.98 Å². The fraction of sp³-hybridized carbons (Fsp3) is 0.190. The van der Waals surface area contributed by atoms with Crippen LogP contribution in [0.25, 0.3) is 0 Å². The molecule has 144 valence electrons. The summed E-state index contributed by atoms with van der Waals surface area (Å²) in [5.41, 5.74) is 4.52. The summed E-state index contributed by atoms with van der Waals surface area (Å²) in [6, 6.07) is 14.1. The number of thioether (sulfide) groups is 1. The minimum absolute atomic E-state index is 0.172. The maximum atomic E-state index is 12.4. The van der Waals surface area contributed by atoms with E-state index in [1.54, 1.807) is 73.3 Å². The molecule has 0 saturated heterocycles. The highest BCUT2D eigenvalue weighted by Gasteiger charge is 2.10. The molecule has 0 aliphatic rings. The van der Waals surface area contributed by atoms with Crippen LogP contribution < -0.4 is 5.32 Å². The molecule has 3 aromatic rings. The van der Waals surface area contributed by atoms with Gasteiger partial charge in [0.05, 0.1) is 22.9 Å². The van der Waals surface area contributed by atoms with Gasteiger partial charge in [0.15, 0.2) is 0 Å². The predicted molar refractivity (Wildman–Crippen MR) is 113 cm³/mol. The van der Waals surface area contributed by atoms with Crippen LogP contribution in [0.5, 0.6) is 0 Å². The number of hydrogen-bond acceptors (Lipinski definition) is 6. The quantitative estimate of drug-likeness (QED) is 0.424. The van der Waals surface area contributed by atoms with Crippen LogP contribution in [0.1, 0.15) is 40.3 Å². The first kappa shape index (κ1) is 20.1. The van der Waals surface area contributed by atoms with Gasteiger partial charge in [0.2, 0.25) is 0 Å². The van der Waals surface area contributed by atoms with Crippen LogP contribution in [-0.2, 0) is 10.5 Å². The van der Waals surface area contributed by atoms with Gasteiger partial charge in [-0.1, -0.05) is 0 Å². The highest BCUT2D eigenvalue weighted by molar-refractivity contribution is 7.98. The Balaban J connectivity index is 1.56. The maximum Gasteiger partial charge on any atom is 0.338 e. The molecule has 2 aromatic carbocycles. The van der Waals surface area contributed by atoms with Crippen molar-refractivity contribution in [3.8, 4) is 0 Å². The van der Waals surface area contributed by atoms with Gasteiger partial charge in [0.1, 0.15) is 0 Å². The largest absolute Gasteiger partial charge is 0.459 e. The molecule has 0 spiro atoms. The maximum absolute atomic E-state index is 12.4. The van der Waals surface area contributed by atoms with E-state index >= 15 is 0 Å². The summed E-state index contributed by atoms with van der Waals surface area (Å²) in [6.45, 7) is 3.60. The van der Waals surface area contributed by atoms with Crippen LogP contribution in [0.4, 0.5) is 5.69 Å². The SMILES string of the molecule is CC(C)OC(=O)c1ccc(NC(=O)c2ccc(SCc3cscn3)cc2)cc1. The van der Waals surface area contributed by atoms with Crippen molar-refractivity contribution < 1.29 is 14.3 Å². The predicted octanol–water partition coefficient (Wildman–Crippen LogP) is 5.25. The Hall–Kier alpha value is -2.64. The fourth-order valence-electron chi connectivity index (χ4n) is 2.34. The summed E-state index contributed by atoms with van der Waals surface area (Å²) >= 11 is 3.26. The van der Waals surface area contributed by atoms with E-state index in [2.05, 4.69) is 10.3 Å². The third-order valence-corrected chi connectivity index (χ3v) is 5.39. The number of esters is 1. The average molecular weight is 413 g/mol. The average Bonchev–Trinajstić information content (AvgIpc) is 3.20. The van der Waals surface area contributed by atoms with E-state index in [1.165, 1.54) is 0 Å². The topological polar surface area (TPSA) is 68.3 Å². The third kappa shape index (κ3) is 5.68. The normalized spacial score (nSPS) is 10.7.